The number of hydrogen-bond acceptors (Lipinski definition) is 3. The van der Waals surface area contributed by atoms with Gasteiger partial charge in [0.15, 0.2) is 17.4 Å². The van der Waals surface area contributed by atoms with Crippen molar-refractivity contribution in [3.63, 3.8) is 0 Å². The van der Waals surface area contributed by atoms with Crippen molar-refractivity contribution in [3.05, 3.63) is 29.6 Å². The van der Waals surface area contributed by atoms with Crippen LogP contribution >= 0.6 is 0 Å². The van der Waals surface area contributed by atoms with E-state index in [-0.39, 0.29) is 17.7 Å². The van der Waals surface area contributed by atoms with E-state index in [1.54, 1.807) is 6.07 Å². The molecular weight excluding hydrogens is 259 g/mol. The van der Waals surface area contributed by atoms with E-state index in [0.29, 0.717) is 5.56 Å². The van der Waals surface area contributed by atoms with Gasteiger partial charge in [-0.1, -0.05) is 31.3 Å². The van der Waals surface area contributed by atoms with Crippen LogP contribution in [-0.2, 0) is 0 Å². The van der Waals surface area contributed by atoms with E-state index in [4.69, 9.17) is 15.7 Å². The van der Waals surface area contributed by atoms with Gasteiger partial charge in [0.25, 0.3) is 0 Å². The van der Waals surface area contributed by atoms with Gasteiger partial charge in [0.2, 0.25) is 0 Å². The summed E-state index contributed by atoms with van der Waals surface area (Å²) in [5, 5.41) is 11.4. The normalized spacial score (nSPS) is 13.2. The van der Waals surface area contributed by atoms with Gasteiger partial charge >= 0.3 is 0 Å². The summed E-state index contributed by atoms with van der Waals surface area (Å²) in [5.74, 6) is -0.431. The first-order valence-electron chi connectivity index (χ1n) is 7.02. The van der Waals surface area contributed by atoms with Gasteiger partial charge in [-0.25, -0.2) is 4.39 Å². The molecule has 0 aliphatic heterocycles. The number of nitrogens with zero attached hydrogens (tertiary/aromatic N) is 1. The number of oxime groups is 1. The molecule has 1 aromatic carbocycles. The van der Waals surface area contributed by atoms with Crippen LogP contribution in [0.1, 0.15) is 51.5 Å². The molecule has 0 bridgehead atoms. The van der Waals surface area contributed by atoms with Gasteiger partial charge in [-0.2, -0.15) is 0 Å². The molecule has 0 aliphatic carbocycles. The monoisotopic (exact) mass is 282 g/mol. The highest BCUT2D eigenvalue weighted by atomic mass is 19.1. The average Bonchev–Trinajstić information content (AvgIpc) is 2.45. The molecule has 1 unspecified atom stereocenters. The number of rotatable bonds is 8. The fraction of sp³-hybridized carbons (Fsp3) is 0.533. The van der Waals surface area contributed by atoms with Gasteiger partial charge in [-0.15, -0.1) is 0 Å². The number of benzene rings is 1. The van der Waals surface area contributed by atoms with Crippen molar-refractivity contribution in [2.75, 3.05) is 0 Å². The first-order valence-corrected chi connectivity index (χ1v) is 7.02. The third kappa shape index (κ3) is 5.07. The lowest BCUT2D eigenvalue weighted by molar-refractivity contribution is 0.197. The molecule has 0 heterocycles. The highest BCUT2D eigenvalue weighted by molar-refractivity contribution is 5.97. The summed E-state index contributed by atoms with van der Waals surface area (Å²) >= 11 is 0. The Morgan fingerprint density at radius 2 is 2.15 bits per heavy atom. The number of ether oxygens (including phenoxy) is 1. The van der Waals surface area contributed by atoms with Crippen LogP contribution < -0.4 is 10.5 Å². The third-order valence-corrected chi connectivity index (χ3v) is 3.13. The van der Waals surface area contributed by atoms with E-state index in [2.05, 4.69) is 12.1 Å². The second kappa shape index (κ2) is 8.40. The van der Waals surface area contributed by atoms with Gasteiger partial charge in [0.05, 0.1) is 6.10 Å². The molecule has 1 rings (SSSR count). The number of unbranched alkanes of at least 4 members (excludes halogenated alkanes) is 3. The van der Waals surface area contributed by atoms with E-state index < -0.39 is 5.82 Å². The van der Waals surface area contributed by atoms with E-state index in [9.17, 15) is 4.39 Å². The van der Waals surface area contributed by atoms with E-state index >= 15 is 0 Å². The van der Waals surface area contributed by atoms with Crippen LogP contribution in [0.15, 0.2) is 23.4 Å². The lowest BCUT2D eigenvalue weighted by Crippen LogP contribution is -2.15. The number of amidine groups is 1. The summed E-state index contributed by atoms with van der Waals surface area (Å²) in [4.78, 5) is 0. The fourth-order valence-corrected chi connectivity index (χ4v) is 1.95. The molecule has 112 valence electrons. The van der Waals surface area contributed by atoms with Crippen LogP contribution in [0.25, 0.3) is 0 Å². The quantitative estimate of drug-likeness (QED) is 0.251. The van der Waals surface area contributed by atoms with Crippen molar-refractivity contribution in [2.45, 2.75) is 52.1 Å². The summed E-state index contributed by atoms with van der Waals surface area (Å²) in [6, 6.07) is 4.27. The molecule has 1 atom stereocenters. The Balaban J connectivity index is 2.55. The molecule has 0 fully saturated rings. The Kier molecular flexibility index (Phi) is 6.84. The lowest BCUT2D eigenvalue weighted by Gasteiger charge is -2.15. The Labute approximate surface area is 119 Å². The fourth-order valence-electron chi connectivity index (χ4n) is 1.95. The molecule has 0 aromatic heterocycles. The summed E-state index contributed by atoms with van der Waals surface area (Å²) < 4.78 is 19.4. The molecule has 1 aromatic rings. The second-order valence-electron chi connectivity index (χ2n) is 4.91. The van der Waals surface area contributed by atoms with Gasteiger partial charge in [-0.05, 0) is 38.0 Å². The van der Waals surface area contributed by atoms with Crippen LogP contribution in [-0.4, -0.2) is 17.1 Å². The van der Waals surface area contributed by atoms with Gasteiger partial charge in [0, 0.05) is 5.56 Å². The molecule has 0 saturated heterocycles. The summed E-state index contributed by atoms with van der Waals surface area (Å²) in [6.07, 6.45) is 5.54. The van der Waals surface area contributed by atoms with E-state index in [0.717, 1.165) is 12.8 Å². The van der Waals surface area contributed by atoms with Gasteiger partial charge in [0.1, 0.15) is 0 Å². The predicted molar refractivity (Wildman–Crippen MR) is 77.8 cm³/mol. The van der Waals surface area contributed by atoms with Gasteiger partial charge < -0.3 is 15.7 Å². The maximum absolute atomic E-state index is 13.8. The van der Waals surface area contributed by atoms with Crippen LogP contribution in [0, 0.1) is 5.82 Å². The van der Waals surface area contributed by atoms with Crippen molar-refractivity contribution >= 4 is 5.84 Å². The maximum Gasteiger partial charge on any atom is 0.170 e. The first-order chi connectivity index (χ1) is 9.58. The smallest absolute Gasteiger partial charge is 0.170 e. The molecule has 4 nitrogen and oxygen atoms in total. The molecule has 0 spiro atoms. The Bertz CT molecular complexity index is 449. The summed E-state index contributed by atoms with van der Waals surface area (Å²) in [6.45, 7) is 4.10. The lowest BCUT2D eigenvalue weighted by atomic mass is 10.1. The molecular formula is C15H23FN2O2. The van der Waals surface area contributed by atoms with Crippen molar-refractivity contribution < 1.29 is 14.3 Å². The van der Waals surface area contributed by atoms with E-state index in [1.807, 2.05) is 6.92 Å². The minimum Gasteiger partial charge on any atom is -0.488 e. The highest BCUT2D eigenvalue weighted by Gasteiger charge is 2.10. The van der Waals surface area contributed by atoms with Gasteiger partial charge in [-0.3, -0.25) is 0 Å². The van der Waals surface area contributed by atoms with Crippen molar-refractivity contribution in [3.8, 4) is 5.75 Å². The zero-order valence-corrected chi connectivity index (χ0v) is 12.1. The predicted octanol–water partition coefficient (Wildman–Crippen LogP) is 3.66. The molecule has 0 radical (unpaired) electrons. The van der Waals surface area contributed by atoms with Crippen molar-refractivity contribution in [1.29, 1.82) is 0 Å². The maximum atomic E-state index is 13.8. The van der Waals surface area contributed by atoms with Crippen molar-refractivity contribution in [1.82, 2.24) is 0 Å². The van der Waals surface area contributed by atoms with Crippen LogP contribution in [0.5, 0.6) is 5.75 Å². The van der Waals surface area contributed by atoms with Crippen molar-refractivity contribution in [2.24, 2.45) is 10.9 Å². The SMILES string of the molecule is CCCCCCC(C)Oc1ccc(/C(N)=N/O)cc1F. The number of nitrogens with two attached hydrogens (primary N) is 1. The van der Waals surface area contributed by atoms with Crippen LogP contribution in [0.3, 0.4) is 0 Å². The standard InChI is InChI=1S/C15H23FN2O2/c1-3-4-5-6-7-11(2)20-14-9-8-12(10-13(14)16)15(17)18-19/h8-11,19H,3-7H2,1-2H3,(H2,17,18). The Hall–Kier alpha value is -1.78. The molecule has 20 heavy (non-hydrogen) atoms. The zero-order chi connectivity index (χ0) is 15.0. The molecule has 3 N–H and O–H groups in total. The molecule has 0 amide bonds. The Morgan fingerprint density at radius 1 is 1.40 bits per heavy atom. The molecule has 0 saturated carbocycles. The summed E-state index contributed by atoms with van der Waals surface area (Å²) in [5.41, 5.74) is 5.73. The minimum atomic E-state index is -0.505. The zero-order valence-electron chi connectivity index (χ0n) is 12.1. The first kappa shape index (κ1) is 16.3. The number of hydrogen-bond donors (Lipinski definition) is 2. The third-order valence-electron chi connectivity index (χ3n) is 3.13. The average molecular weight is 282 g/mol. The molecule has 5 heteroatoms. The summed E-state index contributed by atoms with van der Waals surface area (Å²) in [7, 11) is 0. The number of halogens is 1. The van der Waals surface area contributed by atoms with Crippen LogP contribution in [0.4, 0.5) is 4.39 Å². The van der Waals surface area contributed by atoms with E-state index in [1.165, 1.54) is 31.4 Å². The van der Waals surface area contributed by atoms with Crippen LogP contribution in [0.2, 0.25) is 0 Å². The largest absolute Gasteiger partial charge is 0.488 e. The highest BCUT2D eigenvalue weighted by Crippen LogP contribution is 2.21. The molecule has 0 aliphatic rings. The Morgan fingerprint density at radius 3 is 2.75 bits per heavy atom. The topological polar surface area (TPSA) is 67.8 Å². The minimum absolute atomic E-state index is 0.0314. The second-order valence-corrected chi connectivity index (χ2v) is 4.91.